The second-order valence-corrected chi connectivity index (χ2v) is 5.77. The molecule has 0 heterocycles. The molecule has 2 nitrogen and oxygen atoms in total. The molecule has 18 heavy (non-hydrogen) atoms. The molecule has 1 atom stereocenters. The largest absolute Gasteiger partial charge is 0.489 e. The van der Waals surface area contributed by atoms with Gasteiger partial charge in [0.1, 0.15) is 12.4 Å². The predicted octanol–water partition coefficient (Wildman–Crippen LogP) is 4.24. The Hall–Kier alpha value is -1.09. The summed E-state index contributed by atoms with van der Waals surface area (Å²) in [6.45, 7) is 10.2. The molecule has 1 unspecified atom stereocenters. The Morgan fingerprint density at radius 1 is 1.33 bits per heavy atom. The Bertz CT molecular complexity index is 421. The Kier molecular flexibility index (Phi) is 5.60. The minimum absolute atomic E-state index is 0.108. The first-order valence-electron chi connectivity index (χ1n) is 5.97. The van der Waals surface area contributed by atoms with Gasteiger partial charge in [-0.3, -0.25) is 4.79 Å². The third-order valence-electron chi connectivity index (χ3n) is 2.46. The van der Waals surface area contributed by atoms with Crippen LogP contribution < -0.4 is 4.74 Å². The van der Waals surface area contributed by atoms with E-state index in [2.05, 4.69) is 22.5 Å². The molecule has 0 saturated heterocycles. The van der Waals surface area contributed by atoms with E-state index in [-0.39, 0.29) is 16.5 Å². The molecule has 0 N–H and O–H groups in total. The molecule has 0 spiro atoms. The minimum atomic E-state index is -0.139. The van der Waals surface area contributed by atoms with Gasteiger partial charge in [-0.1, -0.05) is 36.4 Å². The fraction of sp³-hybridized carbons (Fsp3) is 0.400. The number of halogens is 1. The number of carbonyl (C=O) groups excluding carboxylic acids is 1. The summed E-state index contributed by atoms with van der Waals surface area (Å²) in [5.74, 6) is 1.14. The third kappa shape index (κ3) is 4.30. The van der Waals surface area contributed by atoms with Crippen LogP contribution in [-0.4, -0.2) is 17.2 Å². The number of benzene rings is 1. The lowest BCUT2D eigenvalue weighted by Crippen LogP contribution is -2.19. The molecule has 1 aromatic carbocycles. The normalized spacial score (nSPS) is 12.3. The van der Waals surface area contributed by atoms with Crippen molar-refractivity contribution in [2.24, 2.45) is 5.92 Å². The van der Waals surface area contributed by atoms with Crippen molar-refractivity contribution in [2.45, 2.75) is 25.6 Å². The van der Waals surface area contributed by atoms with Gasteiger partial charge in [0, 0.05) is 5.56 Å². The number of alkyl halides is 1. The van der Waals surface area contributed by atoms with Gasteiger partial charge in [-0.05, 0) is 42.7 Å². The molecule has 1 rings (SSSR count). The van der Waals surface area contributed by atoms with Crippen LogP contribution in [0, 0.1) is 5.92 Å². The molecular weight excluding hydrogens is 292 g/mol. The van der Waals surface area contributed by atoms with Gasteiger partial charge in [-0.15, -0.1) is 0 Å². The Morgan fingerprint density at radius 2 is 1.89 bits per heavy atom. The molecule has 1 aromatic rings. The summed E-state index contributed by atoms with van der Waals surface area (Å²) < 4.78 is 5.49. The van der Waals surface area contributed by atoms with Crippen LogP contribution >= 0.6 is 15.9 Å². The maximum absolute atomic E-state index is 12.1. The van der Waals surface area contributed by atoms with E-state index in [0.717, 1.165) is 11.3 Å². The molecule has 98 valence electrons. The standard InChI is InChI=1S/C15H19BrO2/c1-10(2)9-18-13-7-5-12(6-8-13)15(17)14(16)11(3)4/h5-8,11,14H,1,9H2,2-4H3. The summed E-state index contributed by atoms with van der Waals surface area (Å²) in [5.41, 5.74) is 1.67. The molecule has 0 saturated carbocycles. The molecule has 0 aromatic heterocycles. The highest BCUT2D eigenvalue weighted by Crippen LogP contribution is 2.20. The SMILES string of the molecule is C=C(C)COc1ccc(C(=O)C(Br)C(C)C)cc1. The van der Waals surface area contributed by atoms with Crippen molar-refractivity contribution >= 4 is 21.7 Å². The molecule has 0 aliphatic heterocycles. The quantitative estimate of drug-likeness (QED) is 0.446. The van der Waals surface area contributed by atoms with Crippen molar-refractivity contribution in [3.63, 3.8) is 0 Å². The van der Waals surface area contributed by atoms with Gasteiger partial charge >= 0.3 is 0 Å². The van der Waals surface area contributed by atoms with Gasteiger partial charge in [-0.25, -0.2) is 0 Å². The van der Waals surface area contributed by atoms with Crippen LogP contribution in [0.2, 0.25) is 0 Å². The minimum Gasteiger partial charge on any atom is -0.489 e. The van der Waals surface area contributed by atoms with E-state index in [1.54, 1.807) is 12.1 Å². The molecule has 0 amide bonds. The number of hydrogen-bond donors (Lipinski definition) is 0. The third-order valence-corrected chi connectivity index (χ3v) is 3.93. The Labute approximate surface area is 117 Å². The topological polar surface area (TPSA) is 26.3 Å². The lowest BCUT2D eigenvalue weighted by molar-refractivity contribution is 0.0978. The number of hydrogen-bond acceptors (Lipinski definition) is 2. The summed E-state index contributed by atoms with van der Waals surface area (Å²) in [4.78, 5) is 11.9. The zero-order valence-electron chi connectivity index (χ0n) is 11.1. The molecular formula is C15H19BrO2. The summed E-state index contributed by atoms with van der Waals surface area (Å²) in [5, 5.41) is 0. The molecule has 0 bridgehead atoms. The summed E-state index contributed by atoms with van der Waals surface area (Å²) in [6.07, 6.45) is 0. The van der Waals surface area contributed by atoms with Crippen molar-refractivity contribution in [2.75, 3.05) is 6.61 Å². The lowest BCUT2D eigenvalue weighted by Gasteiger charge is -2.13. The summed E-state index contributed by atoms with van der Waals surface area (Å²) in [7, 11) is 0. The Balaban J connectivity index is 2.70. The maximum atomic E-state index is 12.1. The smallest absolute Gasteiger partial charge is 0.176 e. The molecule has 3 heteroatoms. The van der Waals surface area contributed by atoms with Crippen LogP contribution in [0.5, 0.6) is 5.75 Å². The highest BCUT2D eigenvalue weighted by Gasteiger charge is 2.19. The fourth-order valence-corrected chi connectivity index (χ4v) is 1.65. The summed E-state index contributed by atoms with van der Waals surface area (Å²) >= 11 is 3.42. The van der Waals surface area contributed by atoms with E-state index >= 15 is 0 Å². The first-order valence-corrected chi connectivity index (χ1v) is 6.89. The lowest BCUT2D eigenvalue weighted by atomic mass is 10.0. The predicted molar refractivity (Wildman–Crippen MR) is 78.6 cm³/mol. The van der Waals surface area contributed by atoms with Crippen molar-refractivity contribution in [3.05, 3.63) is 42.0 Å². The van der Waals surface area contributed by atoms with Crippen LogP contribution in [0.15, 0.2) is 36.4 Å². The van der Waals surface area contributed by atoms with E-state index in [4.69, 9.17) is 4.74 Å². The van der Waals surface area contributed by atoms with E-state index in [0.29, 0.717) is 12.2 Å². The molecule has 0 fully saturated rings. The first-order chi connectivity index (χ1) is 8.41. The van der Waals surface area contributed by atoms with Crippen LogP contribution in [-0.2, 0) is 0 Å². The number of ether oxygens (including phenoxy) is 1. The fourth-order valence-electron chi connectivity index (χ4n) is 1.38. The van der Waals surface area contributed by atoms with Crippen molar-refractivity contribution in [1.82, 2.24) is 0 Å². The highest BCUT2D eigenvalue weighted by atomic mass is 79.9. The average molecular weight is 311 g/mol. The van der Waals surface area contributed by atoms with Gasteiger partial charge < -0.3 is 4.74 Å². The number of ketones is 1. The average Bonchev–Trinajstić information content (AvgIpc) is 2.35. The number of rotatable bonds is 6. The van der Waals surface area contributed by atoms with Gasteiger partial charge in [0.2, 0.25) is 0 Å². The van der Waals surface area contributed by atoms with Crippen molar-refractivity contribution in [1.29, 1.82) is 0 Å². The maximum Gasteiger partial charge on any atom is 0.176 e. The number of carbonyl (C=O) groups is 1. The van der Waals surface area contributed by atoms with Crippen LogP contribution in [0.1, 0.15) is 31.1 Å². The van der Waals surface area contributed by atoms with Gasteiger partial charge in [0.05, 0.1) is 4.83 Å². The molecule has 0 aliphatic rings. The van der Waals surface area contributed by atoms with Crippen LogP contribution in [0.25, 0.3) is 0 Å². The van der Waals surface area contributed by atoms with Crippen LogP contribution in [0.4, 0.5) is 0 Å². The second kappa shape index (κ2) is 6.74. The van der Waals surface area contributed by atoms with Gasteiger partial charge in [-0.2, -0.15) is 0 Å². The van der Waals surface area contributed by atoms with E-state index in [1.165, 1.54) is 0 Å². The van der Waals surface area contributed by atoms with E-state index in [9.17, 15) is 4.79 Å². The van der Waals surface area contributed by atoms with Crippen molar-refractivity contribution in [3.8, 4) is 5.75 Å². The molecule has 0 radical (unpaired) electrons. The zero-order chi connectivity index (χ0) is 13.7. The van der Waals surface area contributed by atoms with Gasteiger partial charge in [0.15, 0.2) is 5.78 Å². The zero-order valence-corrected chi connectivity index (χ0v) is 12.7. The van der Waals surface area contributed by atoms with E-state index in [1.807, 2.05) is 32.9 Å². The molecule has 0 aliphatic carbocycles. The number of Topliss-reactive ketones (excluding diaryl/α,β-unsaturated/α-hetero) is 1. The second-order valence-electron chi connectivity index (χ2n) is 4.78. The summed E-state index contributed by atoms with van der Waals surface area (Å²) in [6, 6.07) is 7.23. The van der Waals surface area contributed by atoms with Gasteiger partial charge in [0.25, 0.3) is 0 Å². The first kappa shape index (κ1) is 15.0. The monoisotopic (exact) mass is 310 g/mol. The van der Waals surface area contributed by atoms with E-state index < -0.39 is 0 Å². The highest BCUT2D eigenvalue weighted by molar-refractivity contribution is 9.10. The van der Waals surface area contributed by atoms with Crippen molar-refractivity contribution < 1.29 is 9.53 Å². The Morgan fingerprint density at radius 3 is 2.33 bits per heavy atom. The van der Waals surface area contributed by atoms with Crippen LogP contribution in [0.3, 0.4) is 0 Å².